The van der Waals surface area contributed by atoms with Crippen LogP contribution in [0.25, 0.3) is 10.9 Å². The summed E-state index contributed by atoms with van der Waals surface area (Å²) < 4.78 is 2.61. The zero-order chi connectivity index (χ0) is 12.9. The third-order valence-corrected chi connectivity index (χ3v) is 3.64. The van der Waals surface area contributed by atoms with E-state index >= 15 is 0 Å². The Balaban J connectivity index is 2.46. The molecule has 0 aliphatic heterocycles. The number of benzene rings is 1. The topological polar surface area (TPSA) is 59.3 Å². The first kappa shape index (κ1) is 11.5. The summed E-state index contributed by atoms with van der Waals surface area (Å²) in [6, 6.07) is 6.75. The normalized spacial score (nSPS) is 14.9. The smallest absolute Gasteiger partial charge is 0.352 e. The predicted molar refractivity (Wildman–Crippen MR) is 71.1 cm³/mol. The van der Waals surface area contributed by atoms with E-state index in [0.29, 0.717) is 10.9 Å². The van der Waals surface area contributed by atoms with Gasteiger partial charge in [-0.05, 0) is 31.0 Å². The molecule has 18 heavy (non-hydrogen) atoms. The number of hydrogen-bond donors (Lipinski definition) is 1. The van der Waals surface area contributed by atoms with Crippen LogP contribution in [0.3, 0.4) is 0 Å². The number of carboxylic acids is 1. The Kier molecular flexibility index (Phi) is 2.52. The second kappa shape index (κ2) is 3.95. The van der Waals surface area contributed by atoms with Crippen molar-refractivity contribution in [3.63, 3.8) is 0 Å². The minimum atomic E-state index is -1.05. The van der Waals surface area contributed by atoms with Crippen LogP contribution in [-0.4, -0.2) is 15.6 Å². The number of aromatic nitrogens is 1. The van der Waals surface area contributed by atoms with Crippen LogP contribution in [-0.2, 0) is 0 Å². The number of rotatable bonds is 2. The van der Waals surface area contributed by atoms with Gasteiger partial charge in [-0.15, -0.1) is 0 Å². The molecule has 0 atom stereocenters. The van der Waals surface area contributed by atoms with Crippen molar-refractivity contribution in [3.05, 3.63) is 44.7 Å². The van der Waals surface area contributed by atoms with Crippen LogP contribution in [0.5, 0.6) is 0 Å². The lowest BCUT2D eigenvalue weighted by atomic mass is 10.1. The van der Waals surface area contributed by atoms with Crippen LogP contribution in [0.1, 0.15) is 29.4 Å². The van der Waals surface area contributed by atoms with Gasteiger partial charge in [0.2, 0.25) is 0 Å². The van der Waals surface area contributed by atoms with Gasteiger partial charge in [0, 0.05) is 22.0 Å². The highest BCUT2D eigenvalue weighted by Gasteiger charge is 2.29. The number of aromatic carboxylic acids is 1. The number of pyridine rings is 1. The maximum atomic E-state index is 11.9. The molecule has 1 N–H and O–H groups in total. The lowest BCUT2D eigenvalue weighted by Crippen LogP contribution is -2.17. The average molecular weight is 308 g/mol. The van der Waals surface area contributed by atoms with Crippen molar-refractivity contribution in [1.82, 2.24) is 4.57 Å². The van der Waals surface area contributed by atoms with Crippen LogP contribution in [0.4, 0.5) is 0 Å². The first-order valence-corrected chi connectivity index (χ1v) is 6.45. The summed E-state index contributed by atoms with van der Waals surface area (Å²) in [5.41, 5.74) is 0.525. The molecule has 1 aliphatic rings. The lowest BCUT2D eigenvalue weighted by molar-refractivity contribution is 0.0684. The Morgan fingerprint density at radius 1 is 1.33 bits per heavy atom. The molecule has 1 fully saturated rings. The molecule has 0 amide bonds. The first-order chi connectivity index (χ1) is 8.58. The monoisotopic (exact) mass is 307 g/mol. The summed E-state index contributed by atoms with van der Waals surface area (Å²) >= 11 is 3.36. The standard InChI is InChI=1S/C13H10BrNO3/c14-7-1-4-9-10(5-7)15(8-2-3-8)11(13(17)18)6-12(9)16/h1,4-6,8H,2-3H2,(H,17,18). The Hall–Kier alpha value is -1.62. The van der Waals surface area contributed by atoms with E-state index in [1.165, 1.54) is 6.07 Å². The van der Waals surface area contributed by atoms with Crippen molar-refractivity contribution in [2.24, 2.45) is 0 Å². The second-order valence-electron chi connectivity index (χ2n) is 4.46. The van der Waals surface area contributed by atoms with Gasteiger partial charge < -0.3 is 9.67 Å². The third-order valence-electron chi connectivity index (χ3n) is 3.14. The lowest BCUT2D eigenvalue weighted by Gasteiger charge is -2.13. The number of fused-ring (bicyclic) bond motifs is 1. The van der Waals surface area contributed by atoms with Crippen LogP contribution >= 0.6 is 15.9 Å². The van der Waals surface area contributed by atoms with Gasteiger partial charge in [-0.2, -0.15) is 0 Å². The molecular formula is C13H10BrNO3. The number of nitrogens with zero attached hydrogens (tertiary/aromatic N) is 1. The van der Waals surface area contributed by atoms with Crippen LogP contribution in [0.15, 0.2) is 33.5 Å². The maximum Gasteiger partial charge on any atom is 0.352 e. The molecule has 1 saturated carbocycles. The fourth-order valence-electron chi connectivity index (χ4n) is 2.20. The predicted octanol–water partition coefficient (Wildman–Crippen LogP) is 2.80. The number of carboxylic acid groups (broad SMARTS) is 1. The van der Waals surface area contributed by atoms with Gasteiger partial charge in [0.25, 0.3) is 0 Å². The van der Waals surface area contributed by atoms with Crippen molar-refractivity contribution < 1.29 is 9.90 Å². The summed E-state index contributed by atoms with van der Waals surface area (Å²) in [6.07, 6.45) is 1.93. The molecule has 0 radical (unpaired) electrons. The van der Waals surface area contributed by atoms with Gasteiger partial charge in [-0.3, -0.25) is 4.79 Å². The molecule has 1 aromatic carbocycles. The van der Waals surface area contributed by atoms with Crippen molar-refractivity contribution in [2.45, 2.75) is 18.9 Å². The molecule has 1 aliphatic carbocycles. The third kappa shape index (κ3) is 1.75. The molecule has 3 rings (SSSR count). The van der Waals surface area contributed by atoms with Gasteiger partial charge in [0.1, 0.15) is 5.69 Å². The summed E-state index contributed by atoms with van der Waals surface area (Å²) in [4.78, 5) is 23.2. The number of carbonyl (C=O) groups is 1. The Morgan fingerprint density at radius 2 is 2.06 bits per heavy atom. The number of halogens is 1. The zero-order valence-electron chi connectivity index (χ0n) is 9.39. The summed E-state index contributed by atoms with van der Waals surface area (Å²) in [6.45, 7) is 0. The molecule has 92 valence electrons. The van der Waals surface area contributed by atoms with Gasteiger partial charge in [0.15, 0.2) is 5.43 Å². The SMILES string of the molecule is O=C(O)c1cc(=O)c2ccc(Br)cc2n1C1CC1. The molecule has 1 heterocycles. The molecule has 2 aromatic rings. The summed E-state index contributed by atoms with van der Waals surface area (Å²) in [5, 5.41) is 9.79. The minimum absolute atomic E-state index is 0.0769. The highest BCUT2D eigenvalue weighted by atomic mass is 79.9. The van der Waals surface area contributed by atoms with E-state index in [1.807, 2.05) is 6.07 Å². The van der Waals surface area contributed by atoms with Gasteiger partial charge in [0.05, 0.1) is 5.52 Å². The minimum Gasteiger partial charge on any atom is -0.477 e. The van der Waals surface area contributed by atoms with Crippen molar-refractivity contribution in [3.8, 4) is 0 Å². The molecular weight excluding hydrogens is 298 g/mol. The highest BCUT2D eigenvalue weighted by molar-refractivity contribution is 9.10. The maximum absolute atomic E-state index is 11.9. The molecule has 4 nitrogen and oxygen atoms in total. The fraction of sp³-hybridized carbons (Fsp3) is 0.231. The average Bonchev–Trinajstić information content (AvgIpc) is 3.12. The van der Waals surface area contributed by atoms with E-state index in [2.05, 4.69) is 15.9 Å². The van der Waals surface area contributed by atoms with E-state index in [0.717, 1.165) is 17.3 Å². The summed E-state index contributed by atoms with van der Waals surface area (Å²) in [7, 11) is 0. The van der Waals surface area contributed by atoms with Gasteiger partial charge in [-0.1, -0.05) is 15.9 Å². The molecule has 0 bridgehead atoms. The van der Waals surface area contributed by atoms with Gasteiger partial charge >= 0.3 is 5.97 Å². The van der Waals surface area contributed by atoms with E-state index in [1.54, 1.807) is 16.7 Å². The molecule has 0 saturated heterocycles. The van der Waals surface area contributed by atoms with Crippen molar-refractivity contribution in [2.75, 3.05) is 0 Å². The number of hydrogen-bond acceptors (Lipinski definition) is 2. The van der Waals surface area contributed by atoms with Crippen LogP contribution < -0.4 is 5.43 Å². The molecule has 5 heteroatoms. The highest BCUT2D eigenvalue weighted by Crippen LogP contribution is 2.38. The van der Waals surface area contributed by atoms with Crippen LogP contribution in [0.2, 0.25) is 0 Å². The second-order valence-corrected chi connectivity index (χ2v) is 5.38. The van der Waals surface area contributed by atoms with Crippen molar-refractivity contribution in [1.29, 1.82) is 0 Å². The largest absolute Gasteiger partial charge is 0.477 e. The summed E-state index contributed by atoms with van der Waals surface area (Å²) in [5.74, 6) is -1.05. The first-order valence-electron chi connectivity index (χ1n) is 5.66. The van der Waals surface area contributed by atoms with E-state index in [4.69, 9.17) is 0 Å². The van der Waals surface area contributed by atoms with E-state index < -0.39 is 5.97 Å². The van der Waals surface area contributed by atoms with Crippen molar-refractivity contribution >= 4 is 32.8 Å². The van der Waals surface area contributed by atoms with Crippen LogP contribution in [0, 0.1) is 0 Å². The quantitative estimate of drug-likeness (QED) is 0.928. The Labute approximate surface area is 111 Å². The van der Waals surface area contributed by atoms with E-state index in [-0.39, 0.29) is 17.2 Å². The zero-order valence-corrected chi connectivity index (χ0v) is 11.0. The van der Waals surface area contributed by atoms with E-state index in [9.17, 15) is 14.7 Å². The molecule has 0 spiro atoms. The fourth-order valence-corrected chi connectivity index (χ4v) is 2.55. The Bertz CT molecular complexity index is 716. The molecule has 1 aromatic heterocycles. The van der Waals surface area contributed by atoms with Gasteiger partial charge in [-0.25, -0.2) is 4.79 Å². The Morgan fingerprint density at radius 3 is 2.67 bits per heavy atom. The molecule has 0 unspecified atom stereocenters.